The first-order valence-electron chi connectivity index (χ1n) is 7.48. The van der Waals surface area contributed by atoms with Crippen LogP contribution in [0.15, 0.2) is 18.2 Å². The van der Waals surface area contributed by atoms with Crippen molar-refractivity contribution in [3.63, 3.8) is 0 Å². The molecule has 0 spiro atoms. The van der Waals surface area contributed by atoms with Gasteiger partial charge in [-0.05, 0) is 30.5 Å². The fraction of sp³-hybridized carbons (Fsp3) is 0.500. The van der Waals surface area contributed by atoms with Crippen LogP contribution in [0.4, 0.5) is 0 Å². The van der Waals surface area contributed by atoms with Crippen molar-refractivity contribution in [2.45, 2.75) is 24.8 Å². The SMILES string of the molecule is COCC1(C(=O)O)CCCN1C(=O)Cc1ccc2c(c1)OCO2. The molecular weight excluding hydrogens is 302 g/mol. The number of nitrogens with zero attached hydrogens (tertiary/aromatic N) is 1. The Hall–Kier alpha value is -2.28. The molecule has 1 unspecified atom stereocenters. The number of carboxylic acids is 1. The Labute approximate surface area is 133 Å². The second kappa shape index (κ2) is 6.08. The van der Waals surface area contributed by atoms with Crippen LogP contribution in [0.25, 0.3) is 0 Å². The van der Waals surface area contributed by atoms with E-state index in [0.29, 0.717) is 30.9 Å². The van der Waals surface area contributed by atoms with Gasteiger partial charge in [-0.15, -0.1) is 0 Å². The van der Waals surface area contributed by atoms with E-state index >= 15 is 0 Å². The smallest absolute Gasteiger partial charge is 0.332 e. The highest BCUT2D eigenvalue weighted by atomic mass is 16.7. The number of hydrogen-bond donors (Lipinski definition) is 1. The van der Waals surface area contributed by atoms with E-state index in [1.165, 1.54) is 12.0 Å². The molecule has 1 fully saturated rings. The Balaban J connectivity index is 1.78. The third-order valence-electron chi connectivity index (χ3n) is 4.36. The molecule has 1 aromatic rings. The van der Waals surface area contributed by atoms with Gasteiger partial charge in [-0.25, -0.2) is 4.79 Å². The first kappa shape index (κ1) is 15.6. The number of fused-ring (bicyclic) bond motifs is 1. The molecule has 0 bridgehead atoms. The van der Waals surface area contributed by atoms with Crippen LogP contribution in [0.2, 0.25) is 0 Å². The van der Waals surface area contributed by atoms with Crippen LogP contribution < -0.4 is 9.47 Å². The van der Waals surface area contributed by atoms with Gasteiger partial charge in [0.2, 0.25) is 12.7 Å². The zero-order chi connectivity index (χ0) is 16.4. The molecule has 2 aliphatic rings. The number of rotatable bonds is 5. The maximum atomic E-state index is 12.6. The van der Waals surface area contributed by atoms with Crippen LogP contribution in [0, 0.1) is 0 Å². The zero-order valence-corrected chi connectivity index (χ0v) is 12.9. The summed E-state index contributed by atoms with van der Waals surface area (Å²) in [5.74, 6) is 0.0245. The van der Waals surface area contributed by atoms with E-state index in [2.05, 4.69) is 0 Å². The molecule has 1 N–H and O–H groups in total. The minimum absolute atomic E-state index is 0.00475. The summed E-state index contributed by atoms with van der Waals surface area (Å²) < 4.78 is 15.6. The van der Waals surface area contributed by atoms with E-state index in [-0.39, 0.29) is 25.7 Å². The number of carbonyl (C=O) groups is 2. The van der Waals surface area contributed by atoms with Crippen LogP contribution in [0.3, 0.4) is 0 Å². The Bertz CT molecular complexity index is 631. The predicted octanol–water partition coefficient (Wildman–Crippen LogP) is 1.05. The summed E-state index contributed by atoms with van der Waals surface area (Å²) >= 11 is 0. The third kappa shape index (κ3) is 2.72. The normalized spacial score (nSPS) is 22.4. The second-order valence-electron chi connectivity index (χ2n) is 5.78. The lowest BCUT2D eigenvalue weighted by Crippen LogP contribution is -2.56. The molecule has 3 rings (SSSR count). The second-order valence-corrected chi connectivity index (χ2v) is 5.78. The van der Waals surface area contributed by atoms with Gasteiger partial charge in [0.05, 0.1) is 13.0 Å². The number of carbonyl (C=O) groups excluding carboxylic acids is 1. The molecular formula is C16H19NO6. The summed E-state index contributed by atoms with van der Waals surface area (Å²) in [7, 11) is 1.45. The van der Waals surface area contributed by atoms with E-state index < -0.39 is 11.5 Å². The van der Waals surface area contributed by atoms with Crippen molar-refractivity contribution in [3.05, 3.63) is 23.8 Å². The quantitative estimate of drug-likeness (QED) is 0.872. The standard InChI is InChI=1S/C16H19NO6/c1-21-9-16(15(19)20)5-2-6-17(16)14(18)8-11-3-4-12-13(7-11)23-10-22-12/h3-4,7H,2,5-6,8-10H2,1H3,(H,19,20). The lowest BCUT2D eigenvalue weighted by Gasteiger charge is -2.34. The fourth-order valence-electron chi connectivity index (χ4n) is 3.24. The summed E-state index contributed by atoms with van der Waals surface area (Å²) in [5, 5.41) is 9.60. The summed E-state index contributed by atoms with van der Waals surface area (Å²) in [5.41, 5.74) is -0.495. The van der Waals surface area contributed by atoms with Crippen LogP contribution in [-0.4, -0.2) is 54.5 Å². The summed E-state index contributed by atoms with van der Waals surface area (Å²) in [6.07, 6.45) is 1.18. The first-order valence-corrected chi connectivity index (χ1v) is 7.48. The van der Waals surface area contributed by atoms with Gasteiger partial charge >= 0.3 is 5.97 Å². The molecule has 7 nitrogen and oxygen atoms in total. The number of carboxylic acid groups (broad SMARTS) is 1. The average Bonchev–Trinajstić information content (AvgIpc) is 3.14. The summed E-state index contributed by atoms with van der Waals surface area (Å²) in [6, 6.07) is 5.31. The Morgan fingerprint density at radius 1 is 1.35 bits per heavy atom. The fourth-order valence-corrected chi connectivity index (χ4v) is 3.24. The van der Waals surface area contributed by atoms with Crippen LogP contribution in [0.5, 0.6) is 11.5 Å². The molecule has 2 heterocycles. The number of ether oxygens (including phenoxy) is 3. The van der Waals surface area contributed by atoms with Crippen molar-refractivity contribution in [2.75, 3.05) is 27.1 Å². The highest BCUT2D eigenvalue weighted by Crippen LogP contribution is 2.34. The molecule has 23 heavy (non-hydrogen) atoms. The predicted molar refractivity (Wildman–Crippen MR) is 79.5 cm³/mol. The van der Waals surface area contributed by atoms with Crippen molar-refractivity contribution in [1.29, 1.82) is 0 Å². The molecule has 0 aromatic heterocycles. The van der Waals surface area contributed by atoms with Gasteiger partial charge in [0.1, 0.15) is 0 Å². The molecule has 0 aliphatic carbocycles. The minimum atomic E-state index is -1.26. The monoisotopic (exact) mass is 321 g/mol. The number of methoxy groups -OCH3 is 1. The lowest BCUT2D eigenvalue weighted by atomic mass is 9.96. The van der Waals surface area contributed by atoms with Gasteiger partial charge in [0, 0.05) is 13.7 Å². The van der Waals surface area contributed by atoms with E-state index in [9.17, 15) is 14.7 Å². The number of aliphatic carboxylic acids is 1. The minimum Gasteiger partial charge on any atom is -0.479 e. The summed E-state index contributed by atoms with van der Waals surface area (Å²) in [4.78, 5) is 25.8. The molecule has 0 saturated carbocycles. The number of amides is 1. The lowest BCUT2D eigenvalue weighted by molar-refractivity contribution is -0.160. The molecule has 0 radical (unpaired) electrons. The molecule has 124 valence electrons. The third-order valence-corrected chi connectivity index (χ3v) is 4.36. The van der Waals surface area contributed by atoms with Crippen molar-refractivity contribution in [1.82, 2.24) is 4.90 Å². The molecule has 7 heteroatoms. The molecule has 1 aromatic carbocycles. The van der Waals surface area contributed by atoms with E-state index in [1.807, 2.05) is 0 Å². The van der Waals surface area contributed by atoms with Crippen molar-refractivity contribution < 1.29 is 28.9 Å². The highest BCUT2D eigenvalue weighted by Gasteiger charge is 2.50. The first-order chi connectivity index (χ1) is 11.1. The van der Waals surface area contributed by atoms with Crippen LogP contribution >= 0.6 is 0 Å². The van der Waals surface area contributed by atoms with Gasteiger partial charge in [-0.3, -0.25) is 4.79 Å². The Morgan fingerprint density at radius 3 is 2.87 bits per heavy atom. The molecule has 1 atom stereocenters. The maximum Gasteiger partial charge on any atom is 0.332 e. The molecule has 1 saturated heterocycles. The largest absolute Gasteiger partial charge is 0.479 e. The summed E-state index contributed by atoms with van der Waals surface area (Å²) in [6.45, 7) is 0.600. The van der Waals surface area contributed by atoms with Gasteiger partial charge in [-0.1, -0.05) is 6.07 Å². The molecule has 2 aliphatic heterocycles. The Kier molecular flexibility index (Phi) is 4.12. The van der Waals surface area contributed by atoms with Crippen LogP contribution in [0.1, 0.15) is 18.4 Å². The Morgan fingerprint density at radius 2 is 2.13 bits per heavy atom. The maximum absolute atomic E-state index is 12.6. The van der Waals surface area contributed by atoms with Crippen molar-refractivity contribution in [3.8, 4) is 11.5 Å². The van der Waals surface area contributed by atoms with Crippen molar-refractivity contribution in [2.24, 2.45) is 0 Å². The number of benzene rings is 1. The van der Waals surface area contributed by atoms with Gasteiger partial charge in [0.25, 0.3) is 0 Å². The van der Waals surface area contributed by atoms with Gasteiger partial charge in [0.15, 0.2) is 17.0 Å². The zero-order valence-electron chi connectivity index (χ0n) is 12.9. The van der Waals surface area contributed by atoms with Gasteiger partial charge in [-0.2, -0.15) is 0 Å². The number of hydrogen-bond acceptors (Lipinski definition) is 5. The van der Waals surface area contributed by atoms with E-state index in [0.717, 1.165) is 5.56 Å². The van der Waals surface area contributed by atoms with E-state index in [4.69, 9.17) is 14.2 Å². The number of likely N-dealkylation sites (tertiary alicyclic amines) is 1. The van der Waals surface area contributed by atoms with E-state index in [1.54, 1.807) is 18.2 Å². The van der Waals surface area contributed by atoms with Gasteiger partial charge < -0.3 is 24.2 Å². The van der Waals surface area contributed by atoms with Crippen LogP contribution in [-0.2, 0) is 20.7 Å². The molecule has 1 amide bonds. The van der Waals surface area contributed by atoms with Crippen molar-refractivity contribution >= 4 is 11.9 Å². The highest BCUT2D eigenvalue weighted by molar-refractivity contribution is 5.89. The average molecular weight is 321 g/mol. The topological polar surface area (TPSA) is 85.3 Å².